The first-order valence-electron chi connectivity index (χ1n) is 3.61. The van der Waals surface area contributed by atoms with Gasteiger partial charge in [-0.2, -0.15) is 0 Å². The van der Waals surface area contributed by atoms with Gasteiger partial charge in [-0.1, -0.05) is 12.2 Å². The molecule has 0 saturated heterocycles. The maximum Gasteiger partial charge on any atom is 0.252 e. The van der Waals surface area contributed by atoms with E-state index in [-0.39, 0.29) is 0 Å². The highest BCUT2D eigenvalue weighted by Gasteiger charge is 2.20. The number of hydrogen-bond donors (Lipinski definition) is 0. The van der Waals surface area contributed by atoms with Crippen LogP contribution in [0.3, 0.4) is 0 Å². The van der Waals surface area contributed by atoms with Crippen molar-refractivity contribution in [1.29, 1.82) is 0 Å². The Balaban J connectivity index is 3.66. The van der Waals surface area contributed by atoms with Gasteiger partial charge in [0.2, 0.25) is 0 Å². The van der Waals surface area contributed by atoms with Gasteiger partial charge < -0.3 is 0 Å². The quantitative estimate of drug-likeness (QED) is 0.400. The first kappa shape index (κ1) is 13.3. The topological polar surface area (TPSA) is 0 Å². The summed E-state index contributed by atoms with van der Waals surface area (Å²) in [5.74, 6) is 0. The van der Waals surface area contributed by atoms with Crippen LogP contribution in [0.4, 0.5) is 0 Å². The summed E-state index contributed by atoms with van der Waals surface area (Å²) in [6.07, 6.45) is 3.95. The molecule has 0 aliphatic heterocycles. The number of allylic oxidation sites excluding steroid dienone is 2. The molecule has 0 radical (unpaired) electrons. The molecule has 0 bridgehead atoms. The van der Waals surface area contributed by atoms with Crippen LogP contribution >= 0.6 is 44.3 Å². The van der Waals surface area contributed by atoms with E-state index in [1.165, 1.54) is 0 Å². The van der Waals surface area contributed by atoms with E-state index in [9.17, 15) is 0 Å². The second-order valence-electron chi connectivity index (χ2n) is 3.02. The summed E-state index contributed by atoms with van der Waals surface area (Å²) in [6, 6.07) is 1.52. The van der Waals surface area contributed by atoms with Crippen LogP contribution in [0.25, 0.3) is 0 Å². The Labute approximate surface area is 94.7 Å². The lowest BCUT2D eigenvalue weighted by atomic mass is 10.6. The van der Waals surface area contributed by atoms with E-state index in [1.807, 2.05) is 25.2 Å². The van der Waals surface area contributed by atoms with E-state index >= 15 is 0 Å². The number of halogens is 4. The third kappa shape index (κ3) is 11.3. The highest BCUT2D eigenvalue weighted by molar-refractivity contribution is 7.45. The molecule has 0 aromatic carbocycles. The second kappa shape index (κ2) is 5.27. The SMILES string of the molecule is C[Si](Cl)(Cl)C/C=C/C[Si](C)(Cl)Cl. The smallest absolute Gasteiger partial charge is 0.146 e. The Morgan fingerprint density at radius 3 is 1.25 bits per heavy atom. The molecule has 0 atom stereocenters. The van der Waals surface area contributed by atoms with Crippen molar-refractivity contribution in [1.82, 2.24) is 0 Å². The second-order valence-corrected chi connectivity index (χ2v) is 19.3. The molecule has 0 aliphatic rings. The van der Waals surface area contributed by atoms with E-state index < -0.39 is 13.4 Å². The molecule has 72 valence electrons. The number of rotatable bonds is 4. The van der Waals surface area contributed by atoms with Gasteiger partial charge >= 0.3 is 0 Å². The largest absolute Gasteiger partial charge is 0.252 e. The van der Waals surface area contributed by atoms with E-state index in [2.05, 4.69) is 0 Å². The van der Waals surface area contributed by atoms with E-state index in [0.29, 0.717) is 0 Å². The van der Waals surface area contributed by atoms with Crippen molar-refractivity contribution < 1.29 is 0 Å². The first-order valence-corrected chi connectivity index (χ1v) is 13.1. The molecule has 0 rings (SSSR count). The van der Waals surface area contributed by atoms with Crippen LogP contribution in [-0.4, -0.2) is 13.4 Å². The lowest BCUT2D eigenvalue weighted by molar-refractivity contribution is 1.55. The zero-order valence-electron chi connectivity index (χ0n) is 7.08. The molecular weight excluding hydrogens is 270 g/mol. The Hall–Kier alpha value is 1.33. The fourth-order valence-corrected chi connectivity index (χ4v) is 2.81. The highest BCUT2D eigenvalue weighted by atomic mass is 35.7. The molecule has 0 fully saturated rings. The summed E-state index contributed by atoms with van der Waals surface area (Å²) >= 11 is 23.5. The zero-order valence-corrected chi connectivity index (χ0v) is 12.1. The summed E-state index contributed by atoms with van der Waals surface area (Å²) in [7, 11) is 0. The molecule has 6 heteroatoms. The Bertz CT molecular complexity index is 138. The van der Waals surface area contributed by atoms with Crippen LogP contribution in [0.2, 0.25) is 25.2 Å². The molecule has 0 saturated carbocycles. The predicted octanol–water partition coefficient (Wildman–Crippen LogP) is 4.64. The Kier molecular flexibility index (Phi) is 5.86. The van der Waals surface area contributed by atoms with Crippen LogP contribution in [0.1, 0.15) is 0 Å². The summed E-state index contributed by atoms with van der Waals surface area (Å²) in [5.41, 5.74) is 0. The Morgan fingerprint density at radius 2 is 1.08 bits per heavy atom. The summed E-state index contributed by atoms with van der Waals surface area (Å²) < 4.78 is 0. The van der Waals surface area contributed by atoms with Crippen molar-refractivity contribution in [2.45, 2.75) is 25.2 Å². The molecule has 0 amide bonds. The third-order valence-corrected chi connectivity index (χ3v) is 4.88. The molecule has 0 aromatic heterocycles. The minimum atomic E-state index is -1.97. The molecular formula is C6H12Cl4Si2. The van der Waals surface area contributed by atoms with Crippen molar-refractivity contribution in [2.75, 3.05) is 0 Å². The van der Waals surface area contributed by atoms with E-state index in [4.69, 9.17) is 44.3 Å². The van der Waals surface area contributed by atoms with Crippen molar-refractivity contribution in [2.24, 2.45) is 0 Å². The normalized spacial score (nSPS) is 14.2. The molecule has 0 unspecified atom stereocenters. The average molecular weight is 282 g/mol. The van der Waals surface area contributed by atoms with E-state index in [1.54, 1.807) is 0 Å². The van der Waals surface area contributed by atoms with Crippen molar-refractivity contribution in [3.8, 4) is 0 Å². The lowest BCUT2D eigenvalue weighted by Crippen LogP contribution is -2.11. The molecule has 0 heterocycles. The van der Waals surface area contributed by atoms with Crippen LogP contribution in [0, 0.1) is 0 Å². The standard InChI is InChI=1S/C6H12Cl4Si2/c1-11(7,8)5-3-4-6-12(2,9)10/h3-4H,5-6H2,1-2H3/b4-3+. The minimum absolute atomic E-state index is 0.758. The lowest BCUT2D eigenvalue weighted by Gasteiger charge is -2.07. The van der Waals surface area contributed by atoms with Gasteiger partial charge in [0.25, 0.3) is 13.4 Å². The van der Waals surface area contributed by atoms with Gasteiger partial charge in [-0.25, -0.2) is 0 Å². The van der Waals surface area contributed by atoms with Gasteiger partial charge in [-0.05, 0) is 25.2 Å². The molecule has 0 spiro atoms. The van der Waals surface area contributed by atoms with Gasteiger partial charge in [-0.3, -0.25) is 0 Å². The van der Waals surface area contributed by atoms with Crippen molar-refractivity contribution in [3.63, 3.8) is 0 Å². The first-order chi connectivity index (χ1) is 5.21. The van der Waals surface area contributed by atoms with Gasteiger partial charge in [0.15, 0.2) is 0 Å². The van der Waals surface area contributed by atoms with Gasteiger partial charge in [0, 0.05) is 0 Å². The van der Waals surface area contributed by atoms with Crippen LogP contribution in [0.5, 0.6) is 0 Å². The fraction of sp³-hybridized carbons (Fsp3) is 0.667. The van der Waals surface area contributed by atoms with Crippen molar-refractivity contribution in [3.05, 3.63) is 12.2 Å². The zero-order chi connectivity index (χ0) is 9.83. The maximum absolute atomic E-state index is 5.88. The molecule has 0 nitrogen and oxygen atoms in total. The predicted molar refractivity (Wildman–Crippen MR) is 65.4 cm³/mol. The Morgan fingerprint density at radius 1 is 0.833 bits per heavy atom. The van der Waals surface area contributed by atoms with Gasteiger partial charge in [-0.15, -0.1) is 44.3 Å². The molecule has 0 aromatic rings. The molecule has 0 aliphatic carbocycles. The fourth-order valence-electron chi connectivity index (χ4n) is 0.581. The van der Waals surface area contributed by atoms with E-state index in [0.717, 1.165) is 12.1 Å². The van der Waals surface area contributed by atoms with Crippen molar-refractivity contribution >= 4 is 57.7 Å². The summed E-state index contributed by atoms with van der Waals surface area (Å²) in [6.45, 7) is -0.159. The van der Waals surface area contributed by atoms with Crippen LogP contribution in [0.15, 0.2) is 12.2 Å². The minimum Gasteiger partial charge on any atom is -0.146 e. The third-order valence-electron chi connectivity index (χ3n) is 1.12. The summed E-state index contributed by atoms with van der Waals surface area (Å²) in [4.78, 5) is 0. The van der Waals surface area contributed by atoms with Crippen LogP contribution in [-0.2, 0) is 0 Å². The summed E-state index contributed by atoms with van der Waals surface area (Å²) in [5, 5.41) is 0. The average Bonchev–Trinajstić information content (AvgIpc) is 1.76. The number of hydrogen-bond acceptors (Lipinski definition) is 0. The monoisotopic (exact) mass is 280 g/mol. The maximum atomic E-state index is 5.88. The van der Waals surface area contributed by atoms with Gasteiger partial charge in [0.1, 0.15) is 0 Å². The molecule has 0 N–H and O–H groups in total. The molecule has 12 heavy (non-hydrogen) atoms. The van der Waals surface area contributed by atoms with Gasteiger partial charge in [0.05, 0.1) is 0 Å². The highest BCUT2D eigenvalue weighted by Crippen LogP contribution is 2.23. The van der Waals surface area contributed by atoms with Crippen LogP contribution < -0.4 is 0 Å².